The summed E-state index contributed by atoms with van der Waals surface area (Å²) in [5.41, 5.74) is 1.70. The van der Waals surface area contributed by atoms with Crippen molar-refractivity contribution in [2.24, 2.45) is 76.9 Å². The molecule has 0 spiro atoms. The average molecular weight is 665 g/mol. The fourth-order valence-electron chi connectivity index (χ4n) is 11.1. The molecule has 4 saturated carbocycles. The Morgan fingerprint density at radius 1 is 0.604 bits per heavy atom. The van der Waals surface area contributed by atoms with Crippen LogP contribution in [0.1, 0.15) is 98.3 Å². The van der Waals surface area contributed by atoms with Gasteiger partial charge in [-0.25, -0.2) is 0 Å². The topological polar surface area (TPSA) is 112 Å². The zero-order chi connectivity index (χ0) is 35.1. The van der Waals surface area contributed by atoms with Gasteiger partial charge in [-0.1, -0.05) is 77.7 Å². The maximum Gasteiger partial charge on any atom is 0.183 e. The third-order valence-corrected chi connectivity index (χ3v) is 13.8. The maximum atomic E-state index is 11.6. The summed E-state index contributed by atoms with van der Waals surface area (Å²) in [6.07, 6.45) is 20.8. The molecule has 4 fully saturated rings. The van der Waals surface area contributed by atoms with E-state index in [1.54, 1.807) is 0 Å². The van der Waals surface area contributed by atoms with Gasteiger partial charge in [-0.3, -0.25) is 14.4 Å². The monoisotopic (exact) mass is 664 g/mol. The minimum atomic E-state index is -0.372. The van der Waals surface area contributed by atoms with Gasteiger partial charge in [0.05, 0.1) is 0 Å². The Morgan fingerprint density at radius 3 is 1.52 bits per heavy atom. The number of carbonyl (C=O) groups is 3. The second kappa shape index (κ2) is 17.7. The highest BCUT2D eigenvalue weighted by Crippen LogP contribution is 2.55. The van der Waals surface area contributed by atoms with Crippen molar-refractivity contribution in [1.29, 1.82) is 0 Å². The number of fused-ring (bicyclic) bond motifs is 3. The fraction of sp³-hybridized carbons (Fsp3) is 0.738. The molecular formula is C42H64O6. The van der Waals surface area contributed by atoms with Gasteiger partial charge in [-0.05, 0) is 127 Å². The summed E-state index contributed by atoms with van der Waals surface area (Å²) in [7, 11) is 0. The van der Waals surface area contributed by atoms with Crippen molar-refractivity contribution >= 4 is 17.3 Å². The van der Waals surface area contributed by atoms with E-state index in [2.05, 4.69) is 53.0 Å². The van der Waals surface area contributed by atoms with Crippen molar-refractivity contribution in [3.8, 4) is 0 Å². The van der Waals surface area contributed by atoms with Crippen LogP contribution in [0.2, 0.25) is 0 Å². The number of hydrogen-bond acceptors (Lipinski definition) is 6. The molecule has 6 aliphatic carbocycles. The highest BCUT2D eigenvalue weighted by Gasteiger charge is 2.49. The van der Waals surface area contributed by atoms with Crippen LogP contribution in [0.5, 0.6) is 0 Å². The lowest BCUT2D eigenvalue weighted by atomic mass is 9.87. The van der Waals surface area contributed by atoms with Crippen LogP contribution >= 0.6 is 0 Å². The van der Waals surface area contributed by atoms with E-state index in [4.69, 9.17) is 15.3 Å². The molecule has 0 heterocycles. The van der Waals surface area contributed by atoms with Crippen molar-refractivity contribution in [1.82, 2.24) is 0 Å². The van der Waals surface area contributed by atoms with E-state index in [-0.39, 0.29) is 43.1 Å². The van der Waals surface area contributed by atoms with E-state index in [9.17, 15) is 14.4 Å². The van der Waals surface area contributed by atoms with Crippen LogP contribution in [0.25, 0.3) is 0 Å². The molecular weight excluding hydrogens is 600 g/mol. The molecule has 0 aromatic rings. The van der Waals surface area contributed by atoms with Crippen molar-refractivity contribution in [3.63, 3.8) is 0 Å². The van der Waals surface area contributed by atoms with Crippen molar-refractivity contribution in [2.45, 2.75) is 98.3 Å². The van der Waals surface area contributed by atoms with Crippen LogP contribution < -0.4 is 0 Å². The van der Waals surface area contributed by atoms with Crippen LogP contribution in [0.3, 0.4) is 0 Å². The van der Waals surface area contributed by atoms with Crippen molar-refractivity contribution in [3.05, 3.63) is 48.6 Å². The number of hydrogen-bond donors (Lipinski definition) is 3. The first-order valence-electron chi connectivity index (χ1n) is 19.2. The molecule has 6 heteroatoms. The summed E-state index contributed by atoms with van der Waals surface area (Å²) in [4.78, 5) is 34.6. The van der Waals surface area contributed by atoms with E-state index in [0.717, 1.165) is 78.8 Å². The Morgan fingerprint density at radius 2 is 1.06 bits per heavy atom. The SMILES string of the molecule is C=CC1CC(C=C)C2CC(C(=O)CO)=CC12.CCC1CC(CC)C2CC(C(=O)CO)=CC12.CCC1CC(CC)C2CC(C(=O)CO)CC12. The van der Waals surface area contributed by atoms with Crippen molar-refractivity contribution < 1.29 is 29.7 Å². The molecule has 6 rings (SSSR count). The number of Topliss-reactive ketones (excluding diaryl/α,β-unsaturated/α-hetero) is 3. The molecule has 0 saturated heterocycles. The van der Waals surface area contributed by atoms with Gasteiger partial charge in [0.25, 0.3) is 0 Å². The summed E-state index contributed by atoms with van der Waals surface area (Å²) in [5, 5.41) is 26.7. The first kappa shape index (κ1) is 38.6. The summed E-state index contributed by atoms with van der Waals surface area (Å²) < 4.78 is 0. The molecule has 12 unspecified atom stereocenters. The first-order chi connectivity index (χ1) is 23.1. The van der Waals surface area contributed by atoms with Gasteiger partial charge >= 0.3 is 0 Å². The Labute approximate surface area is 290 Å². The maximum absolute atomic E-state index is 11.6. The minimum Gasteiger partial charge on any atom is -0.389 e. The molecule has 12 atom stereocenters. The molecule has 0 amide bonds. The normalized spacial score (nSPS) is 38.8. The predicted octanol–water partition coefficient (Wildman–Crippen LogP) is 7.33. The molecule has 6 nitrogen and oxygen atoms in total. The zero-order valence-corrected chi connectivity index (χ0v) is 30.2. The van der Waals surface area contributed by atoms with Gasteiger partial charge in [0.1, 0.15) is 19.8 Å². The summed E-state index contributed by atoms with van der Waals surface area (Å²) >= 11 is 0. The number of carbonyl (C=O) groups excluding carboxylic acids is 3. The van der Waals surface area contributed by atoms with Crippen LogP contribution in [0, 0.1) is 76.9 Å². The molecule has 0 bridgehead atoms. The number of aliphatic hydroxyl groups excluding tert-OH is 3. The second-order valence-corrected chi connectivity index (χ2v) is 15.7. The number of ketones is 3. The number of allylic oxidation sites excluding steroid dienone is 4. The van der Waals surface area contributed by atoms with Gasteiger partial charge in [0.2, 0.25) is 0 Å². The molecule has 0 aromatic carbocycles. The smallest absolute Gasteiger partial charge is 0.183 e. The van der Waals surface area contributed by atoms with E-state index < -0.39 is 0 Å². The lowest BCUT2D eigenvalue weighted by Gasteiger charge is -2.17. The Bertz CT molecular complexity index is 1190. The fourth-order valence-corrected chi connectivity index (χ4v) is 11.1. The van der Waals surface area contributed by atoms with E-state index in [1.807, 2.05) is 12.2 Å². The molecule has 268 valence electrons. The molecule has 0 aromatic heterocycles. The molecule has 6 aliphatic rings. The predicted molar refractivity (Wildman–Crippen MR) is 192 cm³/mol. The van der Waals surface area contributed by atoms with Crippen LogP contribution in [0.15, 0.2) is 48.6 Å². The highest BCUT2D eigenvalue weighted by atomic mass is 16.3. The van der Waals surface area contributed by atoms with Crippen molar-refractivity contribution in [2.75, 3.05) is 19.8 Å². The van der Waals surface area contributed by atoms with Crippen LogP contribution in [0.4, 0.5) is 0 Å². The largest absolute Gasteiger partial charge is 0.389 e. The molecule has 3 N–H and O–H groups in total. The highest BCUT2D eigenvalue weighted by molar-refractivity contribution is 5.97. The second-order valence-electron chi connectivity index (χ2n) is 15.7. The molecule has 0 aliphatic heterocycles. The summed E-state index contributed by atoms with van der Waals surface area (Å²) in [6.45, 7) is 15.9. The Kier molecular flexibility index (Phi) is 14.2. The first-order valence-corrected chi connectivity index (χ1v) is 19.2. The lowest BCUT2D eigenvalue weighted by molar-refractivity contribution is -0.125. The van der Waals surface area contributed by atoms with Crippen LogP contribution in [-0.2, 0) is 14.4 Å². The number of aliphatic hydroxyl groups is 3. The molecule has 48 heavy (non-hydrogen) atoms. The lowest BCUT2D eigenvalue weighted by Crippen LogP contribution is -2.17. The standard InChI is InChI=1S/C14H24O2.C14H22O2.C14H18O2/c3*1-3-9-5-10(4-2)13-7-11(6-12(9)13)14(16)8-15/h9-13,15H,3-8H2,1-2H3;6,9-10,12-13,15H,3-5,7-8H2,1-2H3;3-4,6,9-10,12-13,15H,1-2,5,7-8H2. The van der Waals surface area contributed by atoms with Crippen LogP contribution in [-0.4, -0.2) is 52.5 Å². The quantitative estimate of drug-likeness (QED) is 0.188. The van der Waals surface area contributed by atoms with E-state index in [1.165, 1.54) is 38.5 Å². The van der Waals surface area contributed by atoms with Gasteiger partial charge in [0.15, 0.2) is 17.3 Å². The zero-order valence-electron chi connectivity index (χ0n) is 30.2. The van der Waals surface area contributed by atoms with E-state index >= 15 is 0 Å². The van der Waals surface area contributed by atoms with Gasteiger partial charge in [-0.2, -0.15) is 0 Å². The molecule has 0 radical (unpaired) electrons. The average Bonchev–Trinajstić information content (AvgIpc) is 3.95. The van der Waals surface area contributed by atoms with Gasteiger partial charge < -0.3 is 15.3 Å². The third-order valence-electron chi connectivity index (χ3n) is 13.8. The third kappa shape index (κ3) is 8.08. The Balaban J connectivity index is 0.000000163. The van der Waals surface area contributed by atoms with Gasteiger partial charge in [-0.15, -0.1) is 13.2 Å². The number of rotatable bonds is 12. The Hall–Kier alpha value is -2.15. The minimum absolute atomic E-state index is 0.0564. The summed E-state index contributed by atoms with van der Waals surface area (Å²) in [5.74, 6) is 7.99. The summed E-state index contributed by atoms with van der Waals surface area (Å²) in [6, 6.07) is 0. The van der Waals surface area contributed by atoms with Gasteiger partial charge in [0, 0.05) is 5.92 Å². The van der Waals surface area contributed by atoms with E-state index in [0.29, 0.717) is 35.5 Å².